The lowest BCUT2D eigenvalue weighted by atomic mass is 10.1. The Morgan fingerprint density at radius 1 is 1.09 bits per heavy atom. The molecule has 0 bridgehead atoms. The number of anilines is 2. The second kappa shape index (κ2) is 7.81. The van der Waals surface area contributed by atoms with Crippen molar-refractivity contribution in [3.63, 3.8) is 0 Å². The maximum absolute atomic E-state index is 11.4. The number of hydrogen-bond acceptors (Lipinski definition) is 5. The molecule has 0 unspecified atom stereocenters. The molecule has 1 heterocycles. The summed E-state index contributed by atoms with van der Waals surface area (Å²) in [7, 11) is -3.35. The maximum Gasteiger partial charge on any atom is 0.233 e. The number of sulfonamides is 1. The summed E-state index contributed by atoms with van der Waals surface area (Å²) < 4.78 is 25.2. The van der Waals surface area contributed by atoms with Gasteiger partial charge in [-0.1, -0.05) is 29.3 Å². The molecule has 0 aliphatic rings. The Morgan fingerprint density at radius 2 is 1.78 bits per heavy atom. The predicted molar refractivity (Wildman–Crippen MR) is 93.8 cm³/mol. The molecule has 6 nitrogen and oxygen atoms in total. The van der Waals surface area contributed by atoms with Gasteiger partial charge in [0.1, 0.15) is 5.82 Å². The van der Waals surface area contributed by atoms with E-state index in [4.69, 9.17) is 23.2 Å². The van der Waals surface area contributed by atoms with Gasteiger partial charge >= 0.3 is 0 Å². The number of rotatable bonds is 7. The minimum Gasteiger partial charge on any atom is -0.368 e. The smallest absolute Gasteiger partial charge is 0.233 e. The van der Waals surface area contributed by atoms with E-state index < -0.39 is 10.0 Å². The van der Waals surface area contributed by atoms with Crippen molar-refractivity contribution in [2.75, 3.05) is 22.3 Å². The lowest BCUT2D eigenvalue weighted by Gasteiger charge is -2.08. The molecule has 1 aromatic carbocycles. The largest absolute Gasteiger partial charge is 0.368 e. The summed E-state index contributed by atoms with van der Waals surface area (Å²) in [5.74, 6) is 0.726. The van der Waals surface area contributed by atoms with E-state index in [1.165, 1.54) is 0 Å². The molecule has 23 heavy (non-hydrogen) atoms. The Morgan fingerprint density at radius 3 is 2.39 bits per heavy atom. The minimum atomic E-state index is -3.35. The van der Waals surface area contributed by atoms with Crippen molar-refractivity contribution in [2.45, 2.75) is 13.3 Å². The Labute approximate surface area is 145 Å². The summed E-state index contributed by atoms with van der Waals surface area (Å²) in [6.07, 6.45) is 0.696. The van der Waals surface area contributed by atoms with Crippen molar-refractivity contribution < 1.29 is 8.42 Å². The van der Waals surface area contributed by atoms with E-state index in [2.05, 4.69) is 20.2 Å². The summed E-state index contributed by atoms with van der Waals surface area (Å²) in [5.41, 5.74) is 0.976. The van der Waals surface area contributed by atoms with Gasteiger partial charge < -0.3 is 5.32 Å². The molecule has 0 fully saturated rings. The highest BCUT2D eigenvalue weighted by Crippen LogP contribution is 2.21. The van der Waals surface area contributed by atoms with Crippen molar-refractivity contribution in [3.05, 3.63) is 45.9 Å². The Balaban J connectivity index is 1.89. The molecule has 0 aliphatic carbocycles. The van der Waals surface area contributed by atoms with E-state index in [0.717, 1.165) is 5.56 Å². The quantitative estimate of drug-likeness (QED) is 0.777. The first-order valence-electron chi connectivity index (χ1n) is 6.91. The Kier molecular flexibility index (Phi) is 6.04. The van der Waals surface area contributed by atoms with Crippen molar-refractivity contribution in [3.8, 4) is 0 Å². The first-order chi connectivity index (χ1) is 10.9. The average molecular weight is 375 g/mol. The number of hydrogen-bond donors (Lipinski definition) is 2. The van der Waals surface area contributed by atoms with Crippen LogP contribution in [0.3, 0.4) is 0 Å². The van der Waals surface area contributed by atoms with Crippen LogP contribution in [0.2, 0.25) is 10.0 Å². The lowest BCUT2D eigenvalue weighted by Crippen LogP contribution is -2.16. The molecule has 0 atom stereocenters. The molecule has 124 valence electrons. The monoisotopic (exact) mass is 374 g/mol. The maximum atomic E-state index is 11.4. The molecular formula is C14H16Cl2N4O2S. The normalized spacial score (nSPS) is 11.3. The standard InChI is InChI=1S/C14H16Cl2N4O2S/c1-2-23(21,22)20-14-6-5-13(18-19-14)17-8-7-10-3-4-11(15)9-12(10)16/h3-6,9H,2,7-8H2,1H3,(H,17,18)(H,19,20). The van der Waals surface area contributed by atoms with Crippen LogP contribution in [0.15, 0.2) is 30.3 Å². The highest BCUT2D eigenvalue weighted by atomic mass is 35.5. The van der Waals surface area contributed by atoms with Gasteiger partial charge in [-0.3, -0.25) is 4.72 Å². The summed E-state index contributed by atoms with van der Waals surface area (Å²) in [5, 5.41) is 12.1. The molecule has 9 heteroatoms. The minimum absolute atomic E-state index is 0.0173. The average Bonchev–Trinajstić information content (AvgIpc) is 2.51. The summed E-state index contributed by atoms with van der Waals surface area (Å²) >= 11 is 12.0. The van der Waals surface area contributed by atoms with Gasteiger partial charge in [-0.15, -0.1) is 10.2 Å². The van der Waals surface area contributed by atoms with E-state index in [0.29, 0.717) is 28.8 Å². The van der Waals surface area contributed by atoms with Gasteiger partial charge in [-0.05, 0) is 43.2 Å². The molecule has 0 spiro atoms. The Hall–Kier alpha value is -1.57. The fourth-order valence-corrected chi connectivity index (χ4v) is 2.84. The zero-order valence-electron chi connectivity index (χ0n) is 12.4. The van der Waals surface area contributed by atoms with Crippen LogP contribution >= 0.6 is 23.2 Å². The number of nitrogens with zero attached hydrogens (tertiary/aromatic N) is 2. The van der Waals surface area contributed by atoms with E-state index >= 15 is 0 Å². The van der Waals surface area contributed by atoms with Crippen LogP contribution in [-0.2, 0) is 16.4 Å². The van der Waals surface area contributed by atoms with Crippen LogP contribution in [0, 0.1) is 0 Å². The Bertz CT molecular complexity index is 767. The van der Waals surface area contributed by atoms with Gasteiger partial charge in [0.15, 0.2) is 5.82 Å². The van der Waals surface area contributed by atoms with Gasteiger partial charge in [-0.2, -0.15) is 0 Å². The van der Waals surface area contributed by atoms with E-state index in [9.17, 15) is 8.42 Å². The third kappa shape index (κ3) is 5.53. The van der Waals surface area contributed by atoms with Crippen LogP contribution in [0.4, 0.5) is 11.6 Å². The van der Waals surface area contributed by atoms with E-state index in [-0.39, 0.29) is 11.6 Å². The summed E-state index contributed by atoms with van der Waals surface area (Å²) in [4.78, 5) is 0. The van der Waals surface area contributed by atoms with Crippen LogP contribution in [0.1, 0.15) is 12.5 Å². The molecule has 0 radical (unpaired) electrons. The first-order valence-corrected chi connectivity index (χ1v) is 9.32. The zero-order chi connectivity index (χ0) is 16.9. The van der Waals surface area contributed by atoms with Crippen molar-refractivity contribution in [1.29, 1.82) is 0 Å². The number of nitrogens with one attached hydrogen (secondary N) is 2. The number of aromatic nitrogens is 2. The van der Waals surface area contributed by atoms with E-state index in [1.807, 2.05) is 6.07 Å². The second-order valence-corrected chi connectivity index (χ2v) is 7.58. The lowest BCUT2D eigenvalue weighted by molar-refractivity contribution is 0.602. The fourth-order valence-electron chi connectivity index (χ4n) is 1.76. The second-order valence-electron chi connectivity index (χ2n) is 4.72. The molecule has 0 saturated carbocycles. The zero-order valence-corrected chi connectivity index (χ0v) is 14.7. The molecule has 0 saturated heterocycles. The molecule has 1 aromatic heterocycles. The van der Waals surface area contributed by atoms with Gasteiger partial charge in [0, 0.05) is 16.6 Å². The predicted octanol–water partition coefficient (Wildman–Crippen LogP) is 3.20. The van der Waals surface area contributed by atoms with E-state index in [1.54, 1.807) is 31.2 Å². The molecule has 2 aromatic rings. The molecule has 2 N–H and O–H groups in total. The van der Waals surface area contributed by atoms with Gasteiger partial charge in [-0.25, -0.2) is 8.42 Å². The molecule has 2 rings (SSSR count). The van der Waals surface area contributed by atoms with Crippen LogP contribution in [-0.4, -0.2) is 30.9 Å². The van der Waals surface area contributed by atoms with Crippen LogP contribution in [0.5, 0.6) is 0 Å². The molecule has 0 amide bonds. The first kappa shape index (κ1) is 17.8. The summed E-state index contributed by atoms with van der Waals surface area (Å²) in [6, 6.07) is 8.58. The van der Waals surface area contributed by atoms with Crippen molar-refractivity contribution in [1.82, 2.24) is 10.2 Å². The van der Waals surface area contributed by atoms with Gasteiger partial charge in [0.05, 0.1) is 5.75 Å². The molecule has 0 aliphatic heterocycles. The topological polar surface area (TPSA) is 84.0 Å². The fraction of sp³-hybridized carbons (Fsp3) is 0.286. The van der Waals surface area contributed by atoms with Crippen molar-refractivity contribution >= 4 is 44.9 Å². The van der Waals surface area contributed by atoms with Gasteiger partial charge in [0.25, 0.3) is 0 Å². The molecular weight excluding hydrogens is 359 g/mol. The van der Waals surface area contributed by atoms with Crippen LogP contribution in [0.25, 0.3) is 0 Å². The SMILES string of the molecule is CCS(=O)(=O)Nc1ccc(NCCc2ccc(Cl)cc2Cl)nn1. The number of halogens is 2. The highest BCUT2D eigenvalue weighted by molar-refractivity contribution is 7.92. The van der Waals surface area contributed by atoms with Crippen molar-refractivity contribution in [2.24, 2.45) is 0 Å². The number of benzene rings is 1. The third-order valence-electron chi connectivity index (χ3n) is 3.02. The third-order valence-corrected chi connectivity index (χ3v) is 4.89. The summed E-state index contributed by atoms with van der Waals surface area (Å²) in [6.45, 7) is 2.16. The highest BCUT2D eigenvalue weighted by Gasteiger charge is 2.08. The van der Waals surface area contributed by atoms with Gasteiger partial charge in [0.2, 0.25) is 10.0 Å². The van der Waals surface area contributed by atoms with Crippen LogP contribution < -0.4 is 10.0 Å².